The third-order valence-corrected chi connectivity index (χ3v) is 4.90. The number of hydrogen-bond donors (Lipinski definition) is 2. The summed E-state index contributed by atoms with van der Waals surface area (Å²) in [5, 5.41) is 3.13. The van der Waals surface area contributed by atoms with E-state index >= 15 is 0 Å². The molecule has 0 heterocycles. The van der Waals surface area contributed by atoms with E-state index in [2.05, 4.69) is 19.2 Å². The van der Waals surface area contributed by atoms with E-state index in [1.54, 1.807) is 19.2 Å². The molecule has 4 nitrogen and oxygen atoms in total. The second-order valence-electron chi connectivity index (χ2n) is 5.51. The number of nitrogen functional groups attached to an aromatic ring is 1. The van der Waals surface area contributed by atoms with E-state index in [1.807, 2.05) is 12.1 Å². The van der Waals surface area contributed by atoms with Gasteiger partial charge in [-0.2, -0.15) is 0 Å². The first-order valence-electron chi connectivity index (χ1n) is 7.27. The third kappa shape index (κ3) is 2.29. The Morgan fingerprint density at radius 3 is 2.60 bits per heavy atom. The average molecular weight is 276 g/mol. The van der Waals surface area contributed by atoms with Gasteiger partial charge in [-0.25, -0.2) is 0 Å². The van der Waals surface area contributed by atoms with Crippen LogP contribution in [0.2, 0.25) is 0 Å². The smallest absolute Gasteiger partial charge is 0.253 e. The molecule has 1 aliphatic rings. The number of methoxy groups -OCH3 is 1. The van der Waals surface area contributed by atoms with Crippen molar-refractivity contribution in [1.29, 1.82) is 0 Å². The number of amides is 1. The molecule has 1 aromatic carbocycles. The topological polar surface area (TPSA) is 64.4 Å². The number of nitrogens with two attached hydrogens (primary N) is 1. The number of anilines is 1. The van der Waals surface area contributed by atoms with Crippen LogP contribution in [0.15, 0.2) is 24.3 Å². The molecule has 2 atom stereocenters. The van der Waals surface area contributed by atoms with Crippen LogP contribution in [0, 0.1) is 5.41 Å². The maximum absolute atomic E-state index is 12.4. The summed E-state index contributed by atoms with van der Waals surface area (Å²) in [6.45, 7) is 4.31. The fourth-order valence-corrected chi connectivity index (χ4v) is 3.42. The molecule has 0 spiro atoms. The summed E-state index contributed by atoms with van der Waals surface area (Å²) in [6.07, 6.45) is 3.10. The second-order valence-corrected chi connectivity index (χ2v) is 5.51. The predicted octanol–water partition coefficient (Wildman–Crippen LogP) is 2.59. The van der Waals surface area contributed by atoms with Gasteiger partial charge in [-0.1, -0.05) is 26.0 Å². The van der Waals surface area contributed by atoms with Gasteiger partial charge in [-0.05, 0) is 31.4 Å². The lowest BCUT2D eigenvalue weighted by atomic mass is 9.58. The molecule has 3 N–H and O–H groups in total. The normalized spacial score (nSPS) is 23.9. The van der Waals surface area contributed by atoms with Crippen LogP contribution < -0.4 is 11.1 Å². The van der Waals surface area contributed by atoms with Crippen LogP contribution in [0.5, 0.6) is 0 Å². The Bertz CT molecular complexity index is 483. The van der Waals surface area contributed by atoms with E-state index in [1.165, 1.54) is 0 Å². The zero-order valence-corrected chi connectivity index (χ0v) is 12.5. The molecular weight excluding hydrogens is 252 g/mol. The van der Waals surface area contributed by atoms with E-state index < -0.39 is 0 Å². The van der Waals surface area contributed by atoms with Gasteiger partial charge in [0.25, 0.3) is 5.91 Å². The number of hydrogen-bond acceptors (Lipinski definition) is 3. The standard InChI is InChI=1S/C16H24N2O2/c1-4-16(5-2)13(10-14(16)20-3)18-15(19)11-8-6-7-9-12(11)17/h6-9,13-14H,4-5,10,17H2,1-3H3,(H,18,19). The van der Waals surface area contributed by atoms with Gasteiger partial charge in [0.15, 0.2) is 0 Å². The minimum absolute atomic E-state index is 0.0496. The number of rotatable bonds is 5. The van der Waals surface area contributed by atoms with Gasteiger partial charge in [0.05, 0.1) is 11.7 Å². The van der Waals surface area contributed by atoms with Crippen molar-refractivity contribution < 1.29 is 9.53 Å². The highest BCUT2D eigenvalue weighted by Crippen LogP contribution is 2.48. The fraction of sp³-hybridized carbons (Fsp3) is 0.562. The molecule has 110 valence electrons. The molecule has 1 fully saturated rings. The second kappa shape index (κ2) is 5.83. The Morgan fingerprint density at radius 2 is 2.05 bits per heavy atom. The SMILES string of the molecule is CCC1(CC)C(NC(=O)c2ccccc2N)CC1OC. The van der Waals surface area contributed by atoms with E-state index in [-0.39, 0.29) is 23.5 Å². The van der Waals surface area contributed by atoms with Crippen LogP contribution >= 0.6 is 0 Å². The van der Waals surface area contributed by atoms with Crippen molar-refractivity contribution in [3.05, 3.63) is 29.8 Å². The molecule has 1 aromatic rings. The Balaban J connectivity index is 2.11. The largest absolute Gasteiger partial charge is 0.398 e. The van der Waals surface area contributed by atoms with Gasteiger partial charge in [-0.15, -0.1) is 0 Å². The number of nitrogens with one attached hydrogen (secondary N) is 1. The molecule has 20 heavy (non-hydrogen) atoms. The van der Waals surface area contributed by atoms with E-state index in [4.69, 9.17) is 10.5 Å². The summed E-state index contributed by atoms with van der Waals surface area (Å²) >= 11 is 0. The summed E-state index contributed by atoms with van der Waals surface area (Å²) < 4.78 is 5.55. The average Bonchev–Trinajstić information content (AvgIpc) is 2.44. The van der Waals surface area contributed by atoms with Crippen molar-refractivity contribution in [2.75, 3.05) is 12.8 Å². The Kier molecular flexibility index (Phi) is 4.33. The van der Waals surface area contributed by atoms with Gasteiger partial charge >= 0.3 is 0 Å². The summed E-state index contributed by atoms with van der Waals surface area (Å²) in [7, 11) is 1.75. The lowest BCUT2D eigenvalue weighted by Crippen LogP contribution is -2.64. The van der Waals surface area contributed by atoms with Gasteiger partial charge in [0.2, 0.25) is 0 Å². The van der Waals surface area contributed by atoms with Crippen molar-refractivity contribution in [2.24, 2.45) is 5.41 Å². The van der Waals surface area contributed by atoms with Crippen molar-refractivity contribution in [3.8, 4) is 0 Å². The molecule has 2 unspecified atom stereocenters. The Labute approximate surface area is 120 Å². The summed E-state index contributed by atoms with van der Waals surface area (Å²) in [6, 6.07) is 7.34. The molecule has 0 bridgehead atoms. The minimum Gasteiger partial charge on any atom is -0.398 e. The van der Waals surface area contributed by atoms with E-state index in [9.17, 15) is 4.79 Å². The van der Waals surface area contributed by atoms with Crippen molar-refractivity contribution >= 4 is 11.6 Å². The molecule has 1 aliphatic carbocycles. The van der Waals surface area contributed by atoms with Crippen LogP contribution in [-0.2, 0) is 4.74 Å². The third-order valence-electron chi connectivity index (χ3n) is 4.90. The quantitative estimate of drug-likeness (QED) is 0.812. The lowest BCUT2D eigenvalue weighted by molar-refractivity contribution is -0.120. The first-order valence-corrected chi connectivity index (χ1v) is 7.27. The fourth-order valence-electron chi connectivity index (χ4n) is 3.42. The lowest BCUT2D eigenvalue weighted by Gasteiger charge is -2.55. The molecule has 4 heteroatoms. The molecule has 2 rings (SSSR count). The number of carbonyl (C=O) groups excluding carboxylic acids is 1. The molecule has 0 radical (unpaired) electrons. The molecule has 0 aromatic heterocycles. The maximum atomic E-state index is 12.4. The highest BCUT2D eigenvalue weighted by atomic mass is 16.5. The highest BCUT2D eigenvalue weighted by Gasteiger charge is 2.53. The van der Waals surface area contributed by atoms with Gasteiger partial charge < -0.3 is 15.8 Å². The van der Waals surface area contributed by atoms with E-state index in [0.717, 1.165) is 19.3 Å². The van der Waals surface area contributed by atoms with Crippen LogP contribution in [0.4, 0.5) is 5.69 Å². The maximum Gasteiger partial charge on any atom is 0.253 e. The van der Waals surface area contributed by atoms with Crippen molar-refractivity contribution in [3.63, 3.8) is 0 Å². The minimum atomic E-state index is -0.0890. The van der Waals surface area contributed by atoms with Crippen LogP contribution in [0.3, 0.4) is 0 Å². The Morgan fingerprint density at radius 1 is 1.40 bits per heavy atom. The van der Waals surface area contributed by atoms with Gasteiger partial charge in [0.1, 0.15) is 0 Å². The van der Waals surface area contributed by atoms with Gasteiger partial charge in [0, 0.05) is 24.3 Å². The van der Waals surface area contributed by atoms with Gasteiger partial charge in [-0.3, -0.25) is 4.79 Å². The van der Waals surface area contributed by atoms with Crippen molar-refractivity contribution in [2.45, 2.75) is 45.3 Å². The molecular formula is C16H24N2O2. The number of para-hydroxylation sites is 1. The predicted molar refractivity (Wildman–Crippen MR) is 80.5 cm³/mol. The summed E-state index contributed by atoms with van der Waals surface area (Å²) in [4.78, 5) is 12.4. The van der Waals surface area contributed by atoms with E-state index in [0.29, 0.717) is 11.3 Å². The van der Waals surface area contributed by atoms with Crippen molar-refractivity contribution in [1.82, 2.24) is 5.32 Å². The number of ether oxygens (including phenoxy) is 1. The zero-order valence-electron chi connectivity index (χ0n) is 12.5. The Hall–Kier alpha value is -1.55. The summed E-state index contributed by atoms with van der Waals surface area (Å²) in [5.74, 6) is -0.0890. The molecule has 0 saturated heterocycles. The molecule has 1 saturated carbocycles. The highest BCUT2D eigenvalue weighted by molar-refractivity contribution is 5.99. The van der Waals surface area contributed by atoms with Crippen LogP contribution in [0.25, 0.3) is 0 Å². The first-order chi connectivity index (χ1) is 9.58. The monoisotopic (exact) mass is 276 g/mol. The molecule has 1 amide bonds. The van der Waals surface area contributed by atoms with Crippen LogP contribution in [0.1, 0.15) is 43.5 Å². The number of benzene rings is 1. The number of carbonyl (C=O) groups is 1. The first kappa shape index (κ1) is 14.9. The van der Waals surface area contributed by atoms with Crippen LogP contribution in [-0.4, -0.2) is 25.2 Å². The zero-order chi connectivity index (χ0) is 14.8. The molecule has 0 aliphatic heterocycles. The summed E-state index contributed by atoms with van der Waals surface area (Å²) in [5.41, 5.74) is 6.98.